The molecule has 0 radical (unpaired) electrons. The monoisotopic (exact) mass is 460 g/mol. The summed E-state index contributed by atoms with van der Waals surface area (Å²) in [5, 5.41) is 20.1. The Morgan fingerprint density at radius 1 is 1.34 bits per heavy atom. The van der Waals surface area contributed by atoms with Crippen molar-refractivity contribution in [2.75, 3.05) is 7.05 Å². The van der Waals surface area contributed by atoms with E-state index in [2.05, 4.69) is 10.2 Å². The number of hydrogen-bond acceptors (Lipinski definition) is 5. The molecular formula is C22H29ClN6O3. The van der Waals surface area contributed by atoms with Crippen LogP contribution in [-0.4, -0.2) is 42.3 Å². The fourth-order valence-corrected chi connectivity index (χ4v) is 7.43. The highest BCUT2D eigenvalue weighted by atomic mass is 35.5. The first kappa shape index (κ1) is 21.4. The zero-order chi connectivity index (χ0) is 22.8. The van der Waals surface area contributed by atoms with Crippen molar-refractivity contribution in [1.29, 1.82) is 0 Å². The minimum absolute atomic E-state index is 0.0818. The number of carbonyl (C=O) groups excluding carboxylic acids is 1. The molecule has 4 aliphatic rings. The maximum Gasteiger partial charge on any atom is 0.408 e. The Morgan fingerprint density at radius 3 is 2.59 bits per heavy atom. The van der Waals surface area contributed by atoms with Crippen LogP contribution < -0.4 is 0 Å². The van der Waals surface area contributed by atoms with Crippen LogP contribution in [0.15, 0.2) is 12.3 Å². The molecule has 2 aromatic heterocycles. The lowest BCUT2D eigenvalue weighted by molar-refractivity contribution is -0.389. The quantitative estimate of drug-likeness (QED) is 0.481. The first-order valence-corrected chi connectivity index (χ1v) is 11.6. The largest absolute Gasteiger partial charge is 0.408 e. The summed E-state index contributed by atoms with van der Waals surface area (Å²) in [4.78, 5) is 26.0. The van der Waals surface area contributed by atoms with Gasteiger partial charge in [-0.25, -0.2) is 0 Å². The molecule has 2 heterocycles. The van der Waals surface area contributed by atoms with E-state index in [1.165, 1.54) is 6.42 Å². The van der Waals surface area contributed by atoms with Gasteiger partial charge < -0.3 is 15.0 Å². The van der Waals surface area contributed by atoms with Crippen LogP contribution in [0.2, 0.25) is 5.02 Å². The molecular weight excluding hydrogens is 432 g/mol. The Morgan fingerprint density at radius 2 is 2.03 bits per heavy atom. The van der Waals surface area contributed by atoms with Crippen molar-refractivity contribution in [2.24, 2.45) is 24.3 Å². The minimum atomic E-state index is -0.501. The number of carbonyl (C=O) groups is 1. The summed E-state index contributed by atoms with van der Waals surface area (Å²) in [6.07, 6.45) is 8.27. The number of nitrogens with zero attached hydrogens (tertiary/aromatic N) is 6. The third kappa shape index (κ3) is 3.32. The molecule has 4 aliphatic carbocycles. The topological polar surface area (TPSA) is 99.1 Å². The summed E-state index contributed by atoms with van der Waals surface area (Å²) in [5.74, 6) is 0.922. The Labute approximate surface area is 191 Å². The summed E-state index contributed by atoms with van der Waals surface area (Å²) in [7, 11) is 3.74. The Hall–Kier alpha value is -2.42. The van der Waals surface area contributed by atoms with Gasteiger partial charge in [0.15, 0.2) is 5.02 Å². The second kappa shape index (κ2) is 7.30. The van der Waals surface area contributed by atoms with Gasteiger partial charge in [-0.3, -0.25) is 9.48 Å². The van der Waals surface area contributed by atoms with Crippen LogP contribution >= 0.6 is 11.6 Å². The van der Waals surface area contributed by atoms with E-state index in [1.54, 1.807) is 15.8 Å². The molecule has 4 bridgehead atoms. The van der Waals surface area contributed by atoms with Crippen molar-refractivity contribution in [3.05, 3.63) is 38.8 Å². The third-order valence-corrected chi connectivity index (χ3v) is 8.52. The molecule has 9 nitrogen and oxygen atoms in total. The molecule has 6 rings (SSSR count). The first-order chi connectivity index (χ1) is 15.1. The normalized spacial score (nSPS) is 30.6. The molecule has 2 aromatic rings. The van der Waals surface area contributed by atoms with Crippen molar-refractivity contribution < 1.29 is 9.72 Å². The molecule has 0 saturated heterocycles. The lowest BCUT2D eigenvalue weighted by Crippen LogP contribution is -2.58. The predicted molar refractivity (Wildman–Crippen MR) is 118 cm³/mol. The molecule has 4 saturated carbocycles. The van der Waals surface area contributed by atoms with E-state index in [-0.39, 0.29) is 27.7 Å². The third-order valence-electron chi connectivity index (χ3n) is 8.07. The average molecular weight is 461 g/mol. The minimum Gasteiger partial charge on any atom is -0.358 e. The smallest absolute Gasteiger partial charge is 0.358 e. The summed E-state index contributed by atoms with van der Waals surface area (Å²) in [5.41, 5.74) is 1.29. The highest BCUT2D eigenvalue weighted by Gasteiger charge is 2.61. The second-order valence-corrected chi connectivity index (χ2v) is 10.8. The average Bonchev–Trinajstić information content (AvgIpc) is 3.23. The molecule has 2 atom stereocenters. The molecule has 10 heteroatoms. The fraction of sp³-hybridized carbons (Fsp3) is 0.682. The maximum absolute atomic E-state index is 13.3. The number of amides is 1. The van der Waals surface area contributed by atoms with Crippen LogP contribution in [0.3, 0.4) is 0 Å². The van der Waals surface area contributed by atoms with E-state index in [4.69, 9.17) is 11.6 Å². The van der Waals surface area contributed by atoms with E-state index < -0.39 is 4.92 Å². The summed E-state index contributed by atoms with van der Waals surface area (Å²) in [6, 6.07) is 1.93. The van der Waals surface area contributed by atoms with Gasteiger partial charge in [0.25, 0.3) is 0 Å². The summed E-state index contributed by atoms with van der Waals surface area (Å²) >= 11 is 6.30. The van der Waals surface area contributed by atoms with Gasteiger partial charge in [0, 0.05) is 26.7 Å². The standard InChI is InChI=1S/C22H29ClN6O3/c1-14-19(23)20(29(31)32)25-28(14)22-9-15-6-16(10-22)8-21(7-15,13-22)11-18(30)26(2)12-17-4-5-24-27(17)3/h4-5,15-16H,6-13H2,1-3H3. The van der Waals surface area contributed by atoms with Gasteiger partial charge in [0.2, 0.25) is 5.91 Å². The molecule has 0 N–H and O–H groups in total. The summed E-state index contributed by atoms with van der Waals surface area (Å²) < 4.78 is 3.64. The van der Waals surface area contributed by atoms with E-state index in [1.807, 2.05) is 31.8 Å². The SMILES string of the molecule is Cc1c(Cl)c([N+](=O)[O-])nn1C12CC3CC(CC(CC(=O)N(C)Cc4ccnn4C)(C3)C1)C2. The van der Waals surface area contributed by atoms with Crippen LogP contribution in [0.25, 0.3) is 0 Å². The van der Waals surface area contributed by atoms with Crippen LogP contribution in [0.5, 0.6) is 0 Å². The van der Waals surface area contributed by atoms with E-state index in [0.717, 1.165) is 37.8 Å². The maximum atomic E-state index is 13.3. The molecule has 0 spiro atoms. The highest BCUT2D eigenvalue weighted by molar-refractivity contribution is 6.33. The lowest BCUT2D eigenvalue weighted by Gasteiger charge is -2.61. The van der Waals surface area contributed by atoms with Crippen LogP contribution in [0.1, 0.15) is 56.3 Å². The van der Waals surface area contributed by atoms with Crippen molar-refractivity contribution in [2.45, 2.75) is 64.0 Å². The van der Waals surface area contributed by atoms with Gasteiger partial charge in [-0.15, -0.1) is 0 Å². The molecule has 32 heavy (non-hydrogen) atoms. The van der Waals surface area contributed by atoms with Crippen LogP contribution in [-0.2, 0) is 23.9 Å². The van der Waals surface area contributed by atoms with Crippen molar-refractivity contribution >= 4 is 23.3 Å². The van der Waals surface area contributed by atoms with Gasteiger partial charge in [0.1, 0.15) is 0 Å². The fourth-order valence-electron chi connectivity index (χ4n) is 7.25. The predicted octanol–water partition coefficient (Wildman–Crippen LogP) is 3.83. The summed E-state index contributed by atoms with van der Waals surface area (Å²) in [6.45, 7) is 2.35. The number of hydrogen-bond donors (Lipinski definition) is 0. The highest BCUT2D eigenvalue weighted by Crippen LogP contribution is 2.65. The van der Waals surface area contributed by atoms with E-state index in [0.29, 0.717) is 30.5 Å². The zero-order valence-electron chi connectivity index (χ0n) is 18.8. The molecule has 0 aliphatic heterocycles. The van der Waals surface area contributed by atoms with E-state index >= 15 is 0 Å². The number of rotatable bonds is 6. The Kier molecular flexibility index (Phi) is 4.89. The van der Waals surface area contributed by atoms with Crippen LogP contribution in [0.4, 0.5) is 5.82 Å². The van der Waals surface area contributed by atoms with Gasteiger partial charge in [0.05, 0.1) is 28.6 Å². The zero-order valence-corrected chi connectivity index (χ0v) is 19.5. The second-order valence-electron chi connectivity index (χ2n) is 10.5. The Bertz CT molecular complexity index is 1080. The molecule has 0 aromatic carbocycles. The van der Waals surface area contributed by atoms with Gasteiger partial charge in [-0.05, 0) is 73.7 Å². The number of aromatic nitrogens is 4. The lowest BCUT2D eigenvalue weighted by atomic mass is 9.46. The van der Waals surface area contributed by atoms with Gasteiger partial charge in [-0.2, -0.15) is 9.78 Å². The molecule has 2 unspecified atom stereocenters. The van der Waals surface area contributed by atoms with Crippen LogP contribution in [0, 0.1) is 34.3 Å². The first-order valence-electron chi connectivity index (χ1n) is 11.2. The number of nitro groups is 1. The molecule has 172 valence electrons. The molecule has 1 amide bonds. The van der Waals surface area contributed by atoms with Crippen molar-refractivity contribution in [3.8, 4) is 0 Å². The van der Waals surface area contributed by atoms with Crippen molar-refractivity contribution in [3.63, 3.8) is 0 Å². The van der Waals surface area contributed by atoms with E-state index in [9.17, 15) is 14.9 Å². The van der Waals surface area contributed by atoms with Crippen molar-refractivity contribution in [1.82, 2.24) is 24.5 Å². The number of aryl methyl sites for hydroxylation is 1. The number of halogens is 1. The Balaban J connectivity index is 1.41. The van der Waals surface area contributed by atoms with Gasteiger partial charge in [-0.1, -0.05) is 11.6 Å². The molecule has 4 fully saturated rings. The van der Waals surface area contributed by atoms with Gasteiger partial charge >= 0.3 is 5.82 Å².